The van der Waals surface area contributed by atoms with E-state index in [4.69, 9.17) is 9.47 Å². The molecule has 1 unspecified atom stereocenters. The van der Waals surface area contributed by atoms with Crippen LogP contribution in [0, 0.1) is 0 Å². The lowest BCUT2D eigenvalue weighted by Gasteiger charge is -2.17. The molecule has 82 valence electrons. The lowest BCUT2D eigenvalue weighted by molar-refractivity contribution is -0.139. The summed E-state index contributed by atoms with van der Waals surface area (Å²) in [7, 11) is 1.73. The van der Waals surface area contributed by atoms with Crippen LogP contribution in [0.2, 0.25) is 0 Å². The molecule has 1 rings (SSSR count). The first-order valence-electron chi connectivity index (χ1n) is 4.76. The van der Waals surface area contributed by atoms with Gasteiger partial charge in [-0.05, 0) is 20.9 Å². The molecule has 1 fully saturated rings. The van der Waals surface area contributed by atoms with Gasteiger partial charge in [-0.3, -0.25) is 4.79 Å². The van der Waals surface area contributed by atoms with E-state index in [1.165, 1.54) is 0 Å². The summed E-state index contributed by atoms with van der Waals surface area (Å²) >= 11 is 0. The molecule has 1 amide bonds. The Bertz CT molecular complexity index is 206. The van der Waals surface area contributed by atoms with Crippen LogP contribution in [0.4, 0.5) is 0 Å². The molecule has 0 bridgehead atoms. The molecular weight excluding hydrogens is 184 g/mol. The Morgan fingerprint density at radius 1 is 1.57 bits per heavy atom. The Balaban J connectivity index is 2.17. The highest BCUT2D eigenvalue weighted by atomic mass is 16.7. The lowest BCUT2D eigenvalue weighted by Crippen LogP contribution is -2.38. The maximum Gasteiger partial charge on any atom is 0.234 e. The number of carbonyl (C=O) groups excluding carboxylic acids is 1. The maximum absolute atomic E-state index is 11.1. The molecule has 5 heteroatoms. The van der Waals surface area contributed by atoms with Crippen LogP contribution in [-0.2, 0) is 14.3 Å². The van der Waals surface area contributed by atoms with Crippen LogP contribution in [0.3, 0.4) is 0 Å². The van der Waals surface area contributed by atoms with Crippen LogP contribution in [0.1, 0.15) is 13.8 Å². The first-order chi connectivity index (χ1) is 6.53. The van der Waals surface area contributed by atoms with Crippen molar-refractivity contribution in [3.63, 3.8) is 0 Å². The summed E-state index contributed by atoms with van der Waals surface area (Å²) in [5.41, 5.74) is 0. The second-order valence-electron chi connectivity index (χ2n) is 3.79. The molecule has 1 saturated heterocycles. The number of likely N-dealkylation sites (N-methyl/N-ethyl adjacent to an activating group) is 1. The minimum absolute atomic E-state index is 0.0270. The first kappa shape index (κ1) is 11.4. The van der Waals surface area contributed by atoms with E-state index in [2.05, 4.69) is 10.6 Å². The third-order valence-electron chi connectivity index (χ3n) is 1.93. The molecular formula is C9H18N2O3. The van der Waals surface area contributed by atoms with Crippen molar-refractivity contribution in [2.75, 3.05) is 26.7 Å². The van der Waals surface area contributed by atoms with E-state index in [9.17, 15) is 4.79 Å². The number of amides is 1. The third kappa shape index (κ3) is 3.61. The topological polar surface area (TPSA) is 59.6 Å². The Hall–Kier alpha value is -0.650. The number of rotatable bonds is 4. The van der Waals surface area contributed by atoms with Gasteiger partial charge in [0.15, 0.2) is 5.79 Å². The van der Waals surface area contributed by atoms with Gasteiger partial charge in [-0.25, -0.2) is 0 Å². The summed E-state index contributed by atoms with van der Waals surface area (Å²) in [6, 6.07) is 0. The van der Waals surface area contributed by atoms with E-state index in [0.717, 1.165) is 0 Å². The average Bonchev–Trinajstić information content (AvgIpc) is 2.43. The van der Waals surface area contributed by atoms with Gasteiger partial charge < -0.3 is 20.1 Å². The van der Waals surface area contributed by atoms with Crippen molar-refractivity contribution in [3.05, 3.63) is 0 Å². The average molecular weight is 202 g/mol. The van der Waals surface area contributed by atoms with Crippen LogP contribution in [0.25, 0.3) is 0 Å². The first-order valence-corrected chi connectivity index (χ1v) is 4.76. The monoisotopic (exact) mass is 202 g/mol. The highest BCUT2D eigenvalue weighted by molar-refractivity contribution is 5.77. The Morgan fingerprint density at radius 2 is 2.29 bits per heavy atom. The summed E-state index contributed by atoms with van der Waals surface area (Å²) in [6.45, 7) is 5.10. The Kier molecular flexibility index (Phi) is 3.86. The fourth-order valence-electron chi connectivity index (χ4n) is 1.31. The molecule has 0 aromatic rings. The molecule has 0 aromatic heterocycles. The van der Waals surface area contributed by atoms with E-state index in [-0.39, 0.29) is 12.0 Å². The van der Waals surface area contributed by atoms with Crippen LogP contribution < -0.4 is 10.6 Å². The van der Waals surface area contributed by atoms with Gasteiger partial charge in [0, 0.05) is 6.54 Å². The zero-order valence-corrected chi connectivity index (χ0v) is 8.92. The summed E-state index contributed by atoms with van der Waals surface area (Å²) in [5, 5.41) is 5.53. The van der Waals surface area contributed by atoms with Crippen molar-refractivity contribution in [1.82, 2.24) is 10.6 Å². The summed E-state index contributed by atoms with van der Waals surface area (Å²) < 4.78 is 10.9. The molecule has 1 aliphatic rings. The number of carbonyl (C=O) groups is 1. The highest BCUT2D eigenvalue weighted by Crippen LogP contribution is 2.21. The van der Waals surface area contributed by atoms with E-state index < -0.39 is 5.79 Å². The molecule has 1 heterocycles. The normalized spacial score (nSPS) is 24.9. The Labute approximate surface area is 84.1 Å². The molecule has 0 spiro atoms. The molecule has 0 aliphatic carbocycles. The van der Waals surface area contributed by atoms with Gasteiger partial charge in [-0.2, -0.15) is 0 Å². The molecule has 1 atom stereocenters. The van der Waals surface area contributed by atoms with Gasteiger partial charge in [-0.1, -0.05) is 0 Å². The minimum atomic E-state index is -0.515. The van der Waals surface area contributed by atoms with E-state index in [1.54, 1.807) is 7.05 Å². The van der Waals surface area contributed by atoms with Gasteiger partial charge in [-0.15, -0.1) is 0 Å². The molecule has 14 heavy (non-hydrogen) atoms. The van der Waals surface area contributed by atoms with E-state index >= 15 is 0 Å². The second kappa shape index (κ2) is 4.72. The number of hydrogen-bond donors (Lipinski definition) is 2. The smallest absolute Gasteiger partial charge is 0.234 e. The summed E-state index contributed by atoms with van der Waals surface area (Å²) in [5.74, 6) is -0.543. The third-order valence-corrected chi connectivity index (χ3v) is 1.93. The predicted octanol–water partition coefficient (Wildman–Crippen LogP) is -0.526. The largest absolute Gasteiger partial charge is 0.352 e. The Morgan fingerprint density at radius 3 is 2.79 bits per heavy atom. The fraction of sp³-hybridized carbons (Fsp3) is 0.889. The fourth-order valence-corrected chi connectivity index (χ4v) is 1.31. The molecule has 0 aromatic carbocycles. The molecule has 2 N–H and O–H groups in total. The van der Waals surface area contributed by atoms with Crippen molar-refractivity contribution in [2.24, 2.45) is 0 Å². The number of hydrogen-bond acceptors (Lipinski definition) is 4. The maximum atomic E-state index is 11.1. The van der Waals surface area contributed by atoms with Crippen LogP contribution >= 0.6 is 0 Å². The van der Waals surface area contributed by atoms with E-state index in [0.29, 0.717) is 19.7 Å². The molecule has 0 saturated carbocycles. The van der Waals surface area contributed by atoms with Gasteiger partial charge >= 0.3 is 0 Å². The van der Waals surface area contributed by atoms with E-state index in [1.807, 2.05) is 13.8 Å². The second-order valence-corrected chi connectivity index (χ2v) is 3.79. The SMILES string of the molecule is CNCC(=O)NCC1COC(C)(C)O1. The van der Waals surface area contributed by atoms with Crippen molar-refractivity contribution < 1.29 is 14.3 Å². The van der Waals surface area contributed by atoms with Gasteiger partial charge in [0.25, 0.3) is 0 Å². The number of ether oxygens (including phenoxy) is 2. The van der Waals surface area contributed by atoms with Crippen molar-refractivity contribution in [3.8, 4) is 0 Å². The highest BCUT2D eigenvalue weighted by Gasteiger charge is 2.32. The molecule has 0 radical (unpaired) electrons. The van der Waals surface area contributed by atoms with Crippen molar-refractivity contribution >= 4 is 5.91 Å². The van der Waals surface area contributed by atoms with Crippen LogP contribution in [-0.4, -0.2) is 44.5 Å². The standard InChI is InChI=1S/C9H18N2O3/c1-9(2)13-6-7(14-9)4-11-8(12)5-10-3/h7,10H,4-6H2,1-3H3,(H,11,12). The number of nitrogens with one attached hydrogen (secondary N) is 2. The zero-order chi connectivity index (χ0) is 10.6. The zero-order valence-electron chi connectivity index (χ0n) is 8.92. The van der Waals surface area contributed by atoms with Gasteiger partial charge in [0.1, 0.15) is 6.10 Å². The van der Waals surface area contributed by atoms with Crippen LogP contribution in [0.5, 0.6) is 0 Å². The van der Waals surface area contributed by atoms with Crippen molar-refractivity contribution in [2.45, 2.75) is 25.7 Å². The van der Waals surface area contributed by atoms with Gasteiger partial charge in [0.2, 0.25) is 5.91 Å². The summed E-state index contributed by atoms with van der Waals surface area (Å²) in [4.78, 5) is 11.1. The lowest BCUT2D eigenvalue weighted by atomic mass is 10.3. The predicted molar refractivity (Wildman–Crippen MR) is 51.8 cm³/mol. The molecule has 1 aliphatic heterocycles. The van der Waals surface area contributed by atoms with Crippen LogP contribution in [0.15, 0.2) is 0 Å². The quantitative estimate of drug-likeness (QED) is 0.643. The molecule has 5 nitrogen and oxygen atoms in total. The van der Waals surface area contributed by atoms with Crippen molar-refractivity contribution in [1.29, 1.82) is 0 Å². The summed E-state index contributed by atoms with van der Waals surface area (Å²) in [6.07, 6.45) is -0.0363. The van der Waals surface area contributed by atoms with Gasteiger partial charge in [0.05, 0.1) is 13.2 Å². The minimum Gasteiger partial charge on any atom is -0.352 e.